The van der Waals surface area contributed by atoms with Crippen molar-refractivity contribution in [3.63, 3.8) is 0 Å². The Bertz CT molecular complexity index is 1060. The normalized spacial score (nSPS) is 11.5. The van der Waals surface area contributed by atoms with E-state index >= 15 is 0 Å². The van der Waals surface area contributed by atoms with E-state index in [0.29, 0.717) is 29.0 Å². The summed E-state index contributed by atoms with van der Waals surface area (Å²) in [5.41, 5.74) is 1.96. The lowest BCUT2D eigenvalue weighted by Gasteiger charge is -2.14. The van der Waals surface area contributed by atoms with E-state index < -0.39 is 10.0 Å². The largest absolute Gasteiger partial charge is 0.492 e. The van der Waals surface area contributed by atoms with Crippen LogP contribution in [0.3, 0.4) is 0 Å². The molecule has 0 radical (unpaired) electrons. The van der Waals surface area contributed by atoms with Gasteiger partial charge in [-0.3, -0.25) is 4.72 Å². The first-order valence-electron chi connectivity index (χ1n) is 8.14. The molecule has 3 rings (SSSR count). The fraction of sp³-hybridized carbons (Fsp3) is 0.211. The van der Waals surface area contributed by atoms with E-state index in [4.69, 9.17) is 4.74 Å². The number of aromatic nitrogens is 1. The highest BCUT2D eigenvalue weighted by atomic mass is 79.9. The number of pyridine rings is 1. The SMILES string of the molecule is CCOc1cccc2ccc(NS(=O)(=O)c3c(C)cc(Br)cc3C)nc12. The van der Waals surface area contributed by atoms with Gasteiger partial charge in [0.1, 0.15) is 17.1 Å². The van der Waals surface area contributed by atoms with Crippen molar-refractivity contribution < 1.29 is 13.2 Å². The van der Waals surface area contributed by atoms with Crippen molar-refractivity contribution in [2.75, 3.05) is 11.3 Å². The number of nitrogens with zero attached hydrogens (tertiary/aromatic N) is 1. The quantitative estimate of drug-likeness (QED) is 0.625. The van der Waals surface area contributed by atoms with E-state index in [2.05, 4.69) is 25.6 Å². The Morgan fingerprint density at radius 1 is 1.12 bits per heavy atom. The highest BCUT2D eigenvalue weighted by molar-refractivity contribution is 9.10. The van der Waals surface area contributed by atoms with E-state index in [1.807, 2.05) is 31.2 Å². The zero-order valence-corrected chi connectivity index (χ0v) is 17.1. The van der Waals surface area contributed by atoms with Crippen LogP contribution in [0, 0.1) is 13.8 Å². The molecule has 5 nitrogen and oxygen atoms in total. The van der Waals surface area contributed by atoms with Crippen LogP contribution in [0.15, 0.2) is 51.8 Å². The highest BCUT2D eigenvalue weighted by Crippen LogP contribution is 2.28. The average molecular weight is 435 g/mol. The van der Waals surface area contributed by atoms with Gasteiger partial charge in [0.05, 0.1) is 11.5 Å². The molecule has 0 bridgehead atoms. The number of aryl methyl sites for hydroxylation is 2. The van der Waals surface area contributed by atoms with Crippen molar-refractivity contribution in [1.82, 2.24) is 4.98 Å². The third kappa shape index (κ3) is 3.68. The van der Waals surface area contributed by atoms with Gasteiger partial charge in [-0.15, -0.1) is 0 Å². The molecule has 136 valence electrons. The molecule has 26 heavy (non-hydrogen) atoms. The number of hydrogen-bond acceptors (Lipinski definition) is 4. The average Bonchev–Trinajstić information content (AvgIpc) is 2.54. The van der Waals surface area contributed by atoms with Gasteiger partial charge >= 0.3 is 0 Å². The molecule has 1 aromatic heterocycles. The number of sulfonamides is 1. The lowest BCUT2D eigenvalue weighted by Crippen LogP contribution is -2.16. The smallest absolute Gasteiger partial charge is 0.263 e. The summed E-state index contributed by atoms with van der Waals surface area (Å²) in [5, 5.41) is 0.884. The van der Waals surface area contributed by atoms with Gasteiger partial charge < -0.3 is 4.74 Å². The maximum absolute atomic E-state index is 12.9. The van der Waals surface area contributed by atoms with Gasteiger partial charge in [-0.1, -0.05) is 28.1 Å². The first kappa shape index (κ1) is 18.7. The second-order valence-electron chi connectivity index (χ2n) is 5.93. The van der Waals surface area contributed by atoms with Crippen molar-refractivity contribution in [3.8, 4) is 5.75 Å². The minimum absolute atomic E-state index is 0.256. The number of ether oxygens (including phenoxy) is 1. The van der Waals surface area contributed by atoms with Gasteiger partial charge in [-0.05, 0) is 62.2 Å². The lowest BCUT2D eigenvalue weighted by molar-refractivity contribution is 0.343. The Hall–Kier alpha value is -2.12. The molecule has 0 unspecified atom stereocenters. The number of anilines is 1. The predicted molar refractivity (Wildman–Crippen MR) is 107 cm³/mol. The summed E-state index contributed by atoms with van der Waals surface area (Å²) in [4.78, 5) is 4.72. The summed E-state index contributed by atoms with van der Waals surface area (Å²) >= 11 is 3.39. The van der Waals surface area contributed by atoms with Crippen molar-refractivity contribution in [3.05, 3.63) is 58.1 Å². The molecule has 0 aliphatic heterocycles. The molecular formula is C19H19BrN2O3S. The Morgan fingerprint density at radius 2 is 1.81 bits per heavy atom. The summed E-state index contributed by atoms with van der Waals surface area (Å²) < 4.78 is 34.8. The molecule has 7 heteroatoms. The number of para-hydroxylation sites is 1. The monoisotopic (exact) mass is 434 g/mol. The molecule has 0 aliphatic carbocycles. The summed E-state index contributed by atoms with van der Waals surface area (Å²) in [6, 6.07) is 12.6. The molecule has 1 N–H and O–H groups in total. The summed E-state index contributed by atoms with van der Waals surface area (Å²) in [6.07, 6.45) is 0. The standard InChI is InChI=1S/C19H19BrN2O3S/c1-4-25-16-7-5-6-14-8-9-17(21-18(14)16)22-26(23,24)19-12(2)10-15(20)11-13(19)3/h5-11H,4H2,1-3H3,(H,21,22). The van der Waals surface area contributed by atoms with E-state index in [1.54, 1.807) is 32.0 Å². The van der Waals surface area contributed by atoms with Crippen LogP contribution in [-0.2, 0) is 10.0 Å². The van der Waals surface area contributed by atoms with Gasteiger partial charge in [0.25, 0.3) is 10.0 Å². The maximum atomic E-state index is 12.9. The number of halogens is 1. The van der Waals surface area contributed by atoms with E-state index in [-0.39, 0.29) is 10.7 Å². The second-order valence-corrected chi connectivity index (χ2v) is 8.47. The second kappa shape index (κ2) is 7.25. The van der Waals surface area contributed by atoms with Gasteiger partial charge in [0.2, 0.25) is 0 Å². The third-order valence-electron chi connectivity index (χ3n) is 3.92. The number of nitrogens with one attached hydrogen (secondary N) is 1. The number of hydrogen-bond donors (Lipinski definition) is 1. The van der Waals surface area contributed by atoms with Crippen LogP contribution < -0.4 is 9.46 Å². The van der Waals surface area contributed by atoms with Crippen LogP contribution in [0.25, 0.3) is 10.9 Å². The van der Waals surface area contributed by atoms with Crippen LogP contribution in [0.1, 0.15) is 18.1 Å². The Balaban J connectivity index is 2.04. The maximum Gasteiger partial charge on any atom is 0.263 e. The predicted octanol–water partition coefficient (Wildman–Crippen LogP) is 4.81. The molecular weight excluding hydrogens is 416 g/mol. The molecule has 3 aromatic rings. The highest BCUT2D eigenvalue weighted by Gasteiger charge is 2.21. The molecule has 0 saturated carbocycles. The van der Waals surface area contributed by atoms with Crippen LogP contribution in [0.5, 0.6) is 5.75 Å². The fourth-order valence-electron chi connectivity index (χ4n) is 2.96. The third-order valence-corrected chi connectivity index (χ3v) is 6.03. The van der Waals surface area contributed by atoms with Gasteiger partial charge in [-0.25, -0.2) is 13.4 Å². The van der Waals surface area contributed by atoms with Crippen LogP contribution in [0.4, 0.5) is 5.82 Å². The van der Waals surface area contributed by atoms with E-state index in [0.717, 1.165) is 9.86 Å². The molecule has 0 amide bonds. The van der Waals surface area contributed by atoms with Gasteiger partial charge in [-0.2, -0.15) is 0 Å². The summed E-state index contributed by atoms with van der Waals surface area (Å²) in [6.45, 7) is 5.94. The zero-order chi connectivity index (χ0) is 18.9. The minimum Gasteiger partial charge on any atom is -0.492 e. The van der Waals surface area contributed by atoms with Crippen molar-refractivity contribution >= 4 is 42.7 Å². The zero-order valence-electron chi connectivity index (χ0n) is 14.7. The van der Waals surface area contributed by atoms with E-state index in [9.17, 15) is 8.42 Å². The molecule has 1 heterocycles. The van der Waals surface area contributed by atoms with Crippen molar-refractivity contribution in [1.29, 1.82) is 0 Å². The Kier molecular flexibility index (Phi) is 5.20. The molecule has 0 saturated heterocycles. The van der Waals surface area contributed by atoms with Gasteiger partial charge in [0, 0.05) is 9.86 Å². The van der Waals surface area contributed by atoms with Crippen molar-refractivity contribution in [2.45, 2.75) is 25.7 Å². The lowest BCUT2D eigenvalue weighted by atomic mass is 10.2. The molecule has 0 aliphatic rings. The number of fused-ring (bicyclic) bond motifs is 1. The molecule has 0 spiro atoms. The van der Waals surface area contributed by atoms with Crippen LogP contribution in [0.2, 0.25) is 0 Å². The van der Waals surface area contributed by atoms with Crippen LogP contribution >= 0.6 is 15.9 Å². The molecule has 2 aromatic carbocycles. The Labute approximate surface area is 161 Å². The van der Waals surface area contributed by atoms with Crippen molar-refractivity contribution in [2.24, 2.45) is 0 Å². The van der Waals surface area contributed by atoms with Gasteiger partial charge in [0.15, 0.2) is 0 Å². The Morgan fingerprint density at radius 3 is 2.46 bits per heavy atom. The minimum atomic E-state index is -3.76. The topological polar surface area (TPSA) is 68.3 Å². The van der Waals surface area contributed by atoms with Crippen LogP contribution in [-0.4, -0.2) is 20.0 Å². The number of benzene rings is 2. The first-order chi connectivity index (χ1) is 12.3. The first-order valence-corrected chi connectivity index (χ1v) is 10.4. The molecule has 0 atom stereocenters. The number of rotatable bonds is 5. The summed E-state index contributed by atoms with van der Waals surface area (Å²) in [7, 11) is -3.76. The van der Waals surface area contributed by atoms with E-state index in [1.165, 1.54) is 0 Å². The molecule has 0 fully saturated rings. The fourth-order valence-corrected chi connectivity index (χ4v) is 5.10. The summed E-state index contributed by atoms with van der Waals surface area (Å²) in [5.74, 6) is 0.883.